The molecule has 5 heterocycles. The van der Waals surface area contributed by atoms with Gasteiger partial charge in [0.05, 0.1) is 30.0 Å². The molecule has 0 radical (unpaired) electrons. The molecule has 5 rings (SSSR count). The number of amides is 2. The monoisotopic (exact) mass is 461 g/mol. The molecule has 0 saturated carbocycles. The highest BCUT2D eigenvalue weighted by Gasteiger charge is 2.40. The van der Waals surface area contributed by atoms with Gasteiger partial charge in [0.15, 0.2) is 0 Å². The molecule has 2 N–H and O–H groups in total. The number of halogens is 2. The van der Waals surface area contributed by atoms with Gasteiger partial charge in [-0.1, -0.05) is 6.92 Å². The lowest BCUT2D eigenvalue weighted by Gasteiger charge is -2.35. The normalized spacial score (nSPS) is 15.4. The lowest BCUT2D eigenvalue weighted by Crippen LogP contribution is -2.57. The van der Waals surface area contributed by atoms with E-state index < -0.39 is 11.7 Å². The van der Waals surface area contributed by atoms with Crippen LogP contribution in [0.15, 0.2) is 29.2 Å². The summed E-state index contributed by atoms with van der Waals surface area (Å²) < 4.78 is 15.9. The van der Waals surface area contributed by atoms with Gasteiger partial charge in [-0.25, -0.2) is 9.37 Å². The van der Waals surface area contributed by atoms with E-state index in [-0.39, 0.29) is 54.5 Å². The number of hydrogen-bond acceptors (Lipinski definition) is 6. The Labute approximate surface area is 187 Å². The molecular weight excluding hydrogens is 441 g/mol. The first-order chi connectivity index (χ1) is 15.0. The maximum atomic E-state index is 13.2. The van der Waals surface area contributed by atoms with Gasteiger partial charge >= 0.3 is 0 Å². The zero-order valence-electron chi connectivity index (χ0n) is 17.2. The summed E-state index contributed by atoms with van der Waals surface area (Å²) >= 11 is 0. The predicted octanol–water partition coefficient (Wildman–Crippen LogP) is 0.581. The van der Waals surface area contributed by atoms with Crippen molar-refractivity contribution in [3.05, 3.63) is 57.5 Å². The van der Waals surface area contributed by atoms with Crippen LogP contribution in [0.25, 0.3) is 5.65 Å². The van der Waals surface area contributed by atoms with Crippen LogP contribution in [0.4, 0.5) is 10.2 Å². The third-order valence-corrected chi connectivity index (χ3v) is 5.68. The topological polar surface area (TPSA) is 114 Å². The summed E-state index contributed by atoms with van der Waals surface area (Å²) in [5.41, 5.74) is 1.27. The summed E-state index contributed by atoms with van der Waals surface area (Å²) in [5, 5.41) is 10.1. The van der Waals surface area contributed by atoms with E-state index in [2.05, 4.69) is 20.7 Å². The molecule has 12 heteroatoms. The van der Waals surface area contributed by atoms with Crippen LogP contribution in [-0.4, -0.2) is 55.0 Å². The van der Waals surface area contributed by atoms with Gasteiger partial charge in [0.1, 0.15) is 29.5 Å². The number of aromatic nitrogens is 4. The average molecular weight is 462 g/mol. The van der Waals surface area contributed by atoms with Gasteiger partial charge in [-0.2, -0.15) is 9.61 Å². The SMILES string of the molecule is CCc1cc2n(CC(=O)Nc3ccc(F)cn3)c3c(c(=O)n2n1)CN(C1CNC1)C3=O.Cl. The fraction of sp³-hybridized carbons (Fsp3) is 0.350. The maximum absolute atomic E-state index is 13.2. The van der Waals surface area contributed by atoms with Crippen molar-refractivity contribution in [2.75, 3.05) is 18.4 Å². The number of aryl methyl sites for hydroxylation is 1. The zero-order valence-corrected chi connectivity index (χ0v) is 18.0. The second kappa shape index (κ2) is 8.32. The lowest BCUT2D eigenvalue weighted by atomic mass is 10.1. The first-order valence-electron chi connectivity index (χ1n) is 10.0. The van der Waals surface area contributed by atoms with E-state index in [1.54, 1.807) is 11.0 Å². The van der Waals surface area contributed by atoms with Crippen LogP contribution < -0.4 is 16.2 Å². The quantitative estimate of drug-likeness (QED) is 0.574. The number of hydrogen-bond donors (Lipinski definition) is 2. The van der Waals surface area contributed by atoms with Crippen molar-refractivity contribution in [2.45, 2.75) is 32.5 Å². The van der Waals surface area contributed by atoms with E-state index in [1.165, 1.54) is 21.2 Å². The molecule has 10 nitrogen and oxygen atoms in total. The summed E-state index contributed by atoms with van der Waals surface area (Å²) in [4.78, 5) is 44.5. The Kier molecular flexibility index (Phi) is 5.70. The minimum absolute atomic E-state index is 0. The number of nitrogens with zero attached hydrogens (tertiary/aromatic N) is 5. The van der Waals surface area contributed by atoms with E-state index in [4.69, 9.17) is 0 Å². The van der Waals surface area contributed by atoms with Crippen molar-refractivity contribution < 1.29 is 14.0 Å². The molecule has 1 saturated heterocycles. The summed E-state index contributed by atoms with van der Waals surface area (Å²) in [6.45, 7) is 3.22. The second-order valence-corrected chi connectivity index (χ2v) is 7.63. The average Bonchev–Trinajstić information content (AvgIpc) is 3.29. The van der Waals surface area contributed by atoms with Crippen molar-refractivity contribution in [1.29, 1.82) is 0 Å². The van der Waals surface area contributed by atoms with E-state index in [0.717, 1.165) is 6.20 Å². The van der Waals surface area contributed by atoms with Crippen molar-refractivity contribution in [1.82, 2.24) is 29.4 Å². The van der Waals surface area contributed by atoms with Crippen molar-refractivity contribution in [2.24, 2.45) is 0 Å². The smallest absolute Gasteiger partial charge is 0.280 e. The van der Waals surface area contributed by atoms with Gasteiger partial charge < -0.3 is 20.1 Å². The highest BCUT2D eigenvalue weighted by Crippen LogP contribution is 2.25. The summed E-state index contributed by atoms with van der Waals surface area (Å²) in [6, 6.07) is 4.27. The van der Waals surface area contributed by atoms with Gasteiger partial charge in [0, 0.05) is 19.2 Å². The molecule has 1 fully saturated rings. The molecule has 168 valence electrons. The van der Waals surface area contributed by atoms with E-state index in [9.17, 15) is 18.8 Å². The van der Waals surface area contributed by atoms with Crippen molar-refractivity contribution in [3.63, 3.8) is 0 Å². The van der Waals surface area contributed by atoms with Crippen LogP contribution in [0, 0.1) is 5.82 Å². The molecule has 0 spiro atoms. The molecule has 2 amide bonds. The maximum Gasteiger partial charge on any atom is 0.280 e. The summed E-state index contributed by atoms with van der Waals surface area (Å²) in [5.74, 6) is -1.05. The van der Waals surface area contributed by atoms with Crippen molar-refractivity contribution >= 4 is 35.7 Å². The fourth-order valence-electron chi connectivity index (χ4n) is 3.93. The van der Waals surface area contributed by atoms with Gasteiger partial charge in [-0.3, -0.25) is 14.4 Å². The van der Waals surface area contributed by atoms with Crippen LogP contribution >= 0.6 is 12.4 Å². The standard InChI is InChI=1S/C20H20FN7O3.ClH/c1-2-12-5-17-27(10-16(29)24-15-4-3-11(21)6-23-15)18-14(19(30)28(17)25-12)9-26(20(18)31)13-7-22-8-13;/h3-6,13,22H,2,7-10H2,1H3,(H,23,24,29);1H. The molecule has 3 aromatic heterocycles. The number of fused-ring (bicyclic) bond motifs is 2. The largest absolute Gasteiger partial charge is 0.327 e. The summed E-state index contributed by atoms with van der Waals surface area (Å²) in [7, 11) is 0. The molecule has 0 unspecified atom stereocenters. The Balaban J connectivity index is 0.00000245. The van der Waals surface area contributed by atoms with Gasteiger partial charge in [0.25, 0.3) is 11.5 Å². The van der Waals surface area contributed by atoms with Crippen LogP contribution in [0.2, 0.25) is 0 Å². The van der Waals surface area contributed by atoms with E-state index in [1.807, 2.05) is 6.92 Å². The Morgan fingerprint density at radius 3 is 2.72 bits per heavy atom. The van der Waals surface area contributed by atoms with Gasteiger partial charge in [-0.05, 0) is 18.6 Å². The fourth-order valence-corrected chi connectivity index (χ4v) is 3.93. The molecule has 0 bridgehead atoms. The molecule has 2 aliphatic rings. The van der Waals surface area contributed by atoms with E-state index >= 15 is 0 Å². The van der Waals surface area contributed by atoms with Gasteiger partial charge in [-0.15, -0.1) is 12.4 Å². The Hall–Kier alpha value is -3.31. The lowest BCUT2D eigenvalue weighted by molar-refractivity contribution is -0.116. The van der Waals surface area contributed by atoms with Crippen molar-refractivity contribution in [3.8, 4) is 0 Å². The number of nitrogens with one attached hydrogen (secondary N) is 2. The zero-order chi connectivity index (χ0) is 21.7. The minimum Gasteiger partial charge on any atom is -0.327 e. The third kappa shape index (κ3) is 3.53. The number of carbonyl (C=O) groups excluding carboxylic acids is 2. The third-order valence-electron chi connectivity index (χ3n) is 5.68. The molecule has 32 heavy (non-hydrogen) atoms. The van der Waals surface area contributed by atoms with Crippen LogP contribution in [0.5, 0.6) is 0 Å². The molecule has 0 aliphatic carbocycles. The first-order valence-corrected chi connectivity index (χ1v) is 10.0. The highest BCUT2D eigenvalue weighted by molar-refractivity contribution is 5.98. The van der Waals surface area contributed by atoms with E-state index in [0.29, 0.717) is 36.4 Å². The highest BCUT2D eigenvalue weighted by atomic mass is 35.5. The molecular formula is C20H21ClFN7O3. The predicted molar refractivity (Wildman–Crippen MR) is 115 cm³/mol. The van der Waals surface area contributed by atoms with Crippen LogP contribution in [-0.2, 0) is 24.3 Å². The molecule has 0 atom stereocenters. The first kappa shape index (κ1) is 21.9. The number of carbonyl (C=O) groups is 2. The number of rotatable bonds is 5. The van der Waals surface area contributed by atoms with Gasteiger partial charge in [0.2, 0.25) is 5.91 Å². The number of pyridine rings is 1. The Morgan fingerprint density at radius 1 is 1.31 bits per heavy atom. The molecule has 2 aliphatic heterocycles. The van der Waals surface area contributed by atoms with Crippen LogP contribution in [0.1, 0.15) is 28.7 Å². The number of anilines is 1. The Bertz CT molecular complexity index is 1270. The Morgan fingerprint density at radius 2 is 2.09 bits per heavy atom. The summed E-state index contributed by atoms with van der Waals surface area (Å²) in [6.07, 6.45) is 1.61. The molecule has 0 aromatic carbocycles. The van der Waals surface area contributed by atoms with Crippen LogP contribution in [0.3, 0.4) is 0 Å². The molecule has 3 aromatic rings. The minimum atomic E-state index is -0.513. The second-order valence-electron chi connectivity index (χ2n) is 7.63.